The van der Waals surface area contributed by atoms with Gasteiger partial charge < -0.3 is 5.32 Å². The second kappa shape index (κ2) is 7.08. The lowest BCUT2D eigenvalue weighted by Gasteiger charge is -2.17. The van der Waals surface area contributed by atoms with Gasteiger partial charge in [0.15, 0.2) is 0 Å². The van der Waals surface area contributed by atoms with Gasteiger partial charge in [0.25, 0.3) is 5.91 Å². The lowest BCUT2D eigenvalue weighted by Crippen LogP contribution is -2.34. The highest BCUT2D eigenvalue weighted by molar-refractivity contribution is 7.17. The van der Waals surface area contributed by atoms with Gasteiger partial charge in [-0.05, 0) is 18.9 Å². The van der Waals surface area contributed by atoms with E-state index in [1.807, 2.05) is 23.6 Å². The summed E-state index contributed by atoms with van der Waals surface area (Å²) in [6, 6.07) is 8.51. The highest BCUT2D eigenvalue weighted by Gasteiger charge is 2.17. The van der Waals surface area contributed by atoms with E-state index in [0.717, 1.165) is 23.8 Å². The van der Waals surface area contributed by atoms with E-state index in [0.29, 0.717) is 6.04 Å². The van der Waals surface area contributed by atoms with E-state index >= 15 is 0 Å². The summed E-state index contributed by atoms with van der Waals surface area (Å²) in [4.78, 5) is 12.6. The molecule has 1 aliphatic rings. The van der Waals surface area contributed by atoms with Gasteiger partial charge in [0.2, 0.25) is 0 Å². The Morgan fingerprint density at radius 2 is 1.67 bits per heavy atom. The summed E-state index contributed by atoms with van der Waals surface area (Å²) in [5.74, 6) is 0.108. The molecule has 3 heteroatoms. The summed E-state index contributed by atoms with van der Waals surface area (Å²) < 4.78 is 1.19. The predicted molar refractivity (Wildman–Crippen MR) is 90.0 cm³/mol. The molecule has 0 atom stereocenters. The van der Waals surface area contributed by atoms with Gasteiger partial charge in [-0.2, -0.15) is 0 Å². The van der Waals surface area contributed by atoms with E-state index in [-0.39, 0.29) is 5.91 Å². The molecule has 0 aliphatic heterocycles. The van der Waals surface area contributed by atoms with E-state index in [4.69, 9.17) is 0 Å². The van der Waals surface area contributed by atoms with Gasteiger partial charge >= 0.3 is 0 Å². The summed E-state index contributed by atoms with van der Waals surface area (Å²) >= 11 is 1.65. The van der Waals surface area contributed by atoms with Crippen LogP contribution in [0.1, 0.15) is 61.7 Å². The molecular weight excluding hydrogens is 278 g/mol. The molecule has 1 aromatic heterocycles. The van der Waals surface area contributed by atoms with Gasteiger partial charge in [0, 0.05) is 21.5 Å². The van der Waals surface area contributed by atoms with Crippen molar-refractivity contribution in [3.05, 3.63) is 35.2 Å². The molecule has 1 amide bonds. The Morgan fingerprint density at radius 1 is 1.00 bits per heavy atom. The Bertz CT molecular complexity index is 594. The number of amides is 1. The molecule has 1 N–H and O–H groups in total. The molecule has 2 aromatic rings. The van der Waals surface area contributed by atoms with Crippen LogP contribution in [0.15, 0.2) is 29.6 Å². The van der Waals surface area contributed by atoms with Crippen LogP contribution in [-0.4, -0.2) is 11.9 Å². The van der Waals surface area contributed by atoms with Crippen LogP contribution < -0.4 is 5.32 Å². The molecule has 0 unspecified atom stereocenters. The zero-order chi connectivity index (χ0) is 14.5. The third kappa shape index (κ3) is 3.65. The van der Waals surface area contributed by atoms with E-state index in [1.54, 1.807) is 11.3 Å². The largest absolute Gasteiger partial charge is 0.349 e. The molecule has 3 rings (SSSR count). The van der Waals surface area contributed by atoms with Crippen molar-refractivity contribution in [3.8, 4) is 0 Å². The first-order valence-corrected chi connectivity index (χ1v) is 8.99. The van der Waals surface area contributed by atoms with Crippen molar-refractivity contribution < 1.29 is 4.79 Å². The van der Waals surface area contributed by atoms with Crippen molar-refractivity contribution in [1.29, 1.82) is 0 Å². The molecule has 1 aliphatic carbocycles. The number of benzene rings is 1. The van der Waals surface area contributed by atoms with Crippen molar-refractivity contribution in [2.24, 2.45) is 0 Å². The number of carbonyl (C=O) groups excluding carboxylic acids is 1. The van der Waals surface area contributed by atoms with E-state index in [1.165, 1.54) is 43.2 Å². The smallest absolute Gasteiger partial charge is 0.252 e. The Balaban J connectivity index is 1.69. The second-order valence-corrected chi connectivity index (χ2v) is 6.93. The molecule has 1 fully saturated rings. The summed E-state index contributed by atoms with van der Waals surface area (Å²) in [5.41, 5.74) is 0.843. The number of nitrogens with one attached hydrogen (secondary N) is 1. The molecule has 0 saturated heterocycles. The molecule has 1 aromatic carbocycles. The van der Waals surface area contributed by atoms with Crippen LogP contribution in [0.25, 0.3) is 10.1 Å². The van der Waals surface area contributed by atoms with E-state index in [2.05, 4.69) is 11.4 Å². The fraction of sp³-hybridized carbons (Fsp3) is 0.500. The molecule has 1 saturated carbocycles. The number of carbonyl (C=O) groups is 1. The number of thiophene rings is 1. The summed E-state index contributed by atoms with van der Waals surface area (Å²) in [6.45, 7) is 0. The third-order valence-electron chi connectivity index (χ3n) is 4.42. The maximum atomic E-state index is 12.6. The quantitative estimate of drug-likeness (QED) is 0.818. The first-order valence-electron chi connectivity index (χ1n) is 8.12. The van der Waals surface area contributed by atoms with Gasteiger partial charge in [-0.1, -0.05) is 56.7 Å². The molecule has 112 valence electrons. The van der Waals surface area contributed by atoms with Crippen LogP contribution in [0.3, 0.4) is 0 Å². The molecule has 21 heavy (non-hydrogen) atoms. The molecule has 2 nitrogen and oxygen atoms in total. The van der Waals surface area contributed by atoms with Gasteiger partial charge in [0.1, 0.15) is 0 Å². The van der Waals surface area contributed by atoms with Gasteiger partial charge in [-0.15, -0.1) is 11.3 Å². The Kier molecular flexibility index (Phi) is 4.91. The van der Waals surface area contributed by atoms with Crippen LogP contribution in [0.4, 0.5) is 0 Å². The average molecular weight is 301 g/mol. The lowest BCUT2D eigenvalue weighted by atomic mass is 10.0. The predicted octanol–water partition coefficient (Wildman–Crippen LogP) is 5.13. The minimum absolute atomic E-state index is 0.108. The molecule has 0 bridgehead atoms. The molecule has 0 spiro atoms. The topological polar surface area (TPSA) is 29.1 Å². The first-order chi connectivity index (χ1) is 10.3. The third-order valence-corrected chi connectivity index (χ3v) is 5.38. The highest BCUT2D eigenvalue weighted by atomic mass is 32.1. The summed E-state index contributed by atoms with van der Waals surface area (Å²) in [6.07, 6.45) is 10.1. The normalized spacial score (nSPS) is 17.9. The number of rotatable bonds is 2. The molecule has 0 radical (unpaired) electrons. The Labute approximate surface area is 130 Å². The van der Waals surface area contributed by atoms with Gasteiger partial charge in [-0.25, -0.2) is 0 Å². The Morgan fingerprint density at radius 3 is 2.43 bits per heavy atom. The van der Waals surface area contributed by atoms with Crippen molar-refractivity contribution in [3.63, 3.8) is 0 Å². The highest BCUT2D eigenvalue weighted by Crippen LogP contribution is 2.26. The number of fused-ring (bicyclic) bond motifs is 1. The fourth-order valence-corrected chi connectivity index (χ4v) is 4.13. The van der Waals surface area contributed by atoms with Crippen molar-refractivity contribution in [2.45, 2.75) is 57.4 Å². The molecule has 1 heterocycles. The fourth-order valence-electron chi connectivity index (χ4n) is 3.19. The van der Waals surface area contributed by atoms with Crippen LogP contribution >= 0.6 is 11.3 Å². The first kappa shape index (κ1) is 14.6. The zero-order valence-corrected chi connectivity index (χ0v) is 13.3. The zero-order valence-electron chi connectivity index (χ0n) is 12.4. The monoisotopic (exact) mass is 301 g/mol. The maximum Gasteiger partial charge on any atom is 0.252 e. The minimum atomic E-state index is 0.108. The van der Waals surface area contributed by atoms with Crippen molar-refractivity contribution >= 4 is 27.3 Å². The standard InChI is InChI=1S/C18H23NOS/c20-18(16-13-21-17-12-8-7-11-15(16)17)19-14-9-5-3-1-2-4-6-10-14/h7-8,11-14H,1-6,9-10H2,(H,19,20). The maximum absolute atomic E-state index is 12.6. The molecular formula is C18H23NOS. The SMILES string of the molecule is O=C(NC1CCCCCCCC1)c1csc2ccccc12. The average Bonchev–Trinajstić information content (AvgIpc) is 2.96. The number of hydrogen-bond donors (Lipinski definition) is 1. The van der Waals surface area contributed by atoms with Gasteiger partial charge in [-0.3, -0.25) is 4.79 Å². The van der Waals surface area contributed by atoms with E-state index < -0.39 is 0 Å². The van der Waals surface area contributed by atoms with Crippen LogP contribution in [-0.2, 0) is 0 Å². The van der Waals surface area contributed by atoms with Crippen LogP contribution in [0.2, 0.25) is 0 Å². The second-order valence-electron chi connectivity index (χ2n) is 6.01. The summed E-state index contributed by atoms with van der Waals surface area (Å²) in [5, 5.41) is 6.36. The van der Waals surface area contributed by atoms with Crippen molar-refractivity contribution in [2.75, 3.05) is 0 Å². The van der Waals surface area contributed by atoms with Crippen LogP contribution in [0.5, 0.6) is 0 Å². The summed E-state index contributed by atoms with van der Waals surface area (Å²) in [7, 11) is 0. The van der Waals surface area contributed by atoms with Crippen molar-refractivity contribution in [1.82, 2.24) is 5.32 Å². The van der Waals surface area contributed by atoms with Gasteiger partial charge in [0.05, 0.1) is 5.56 Å². The van der Waals surface area contributed by atoms with E-state index in [9.17, 15) is 4.79 Å². The minimum Gasteiger partial charge on any atom is -0.349 e. The van der Waals surface area contributed by atoms with Crippen LogP contribution in [0, 0.1) is 0 Å². The lowest BCUT2D eigenvalue weighted by molar-refractivity contribution is 0.0934. The number of hydrogen-bond acceptors (Lipinski definition) is 2. The Hall–Kier alpha value is -1.35.